The normalized spacial score (nSPS) is 37.2. The Bertz CT molecular complexity index is 297. The van der Waals surface area contributed by atoms with Crippen molar-refractivity contribution in [2.75, 3.05) is 6.61 Å². The van der Waals surface area contributed by atoms with Crippen LogP contribution in [0.1, 0.15) is 59.8 Å². The van der Waals surface area contributed by atoms with Crippen LogP contribution >= 0.6 is 0 Å². The number of carbonyl (C=O) groups is 1. The molecule has 1 heterocycles. The molecule has 0 aromatic heterocycles. The average Bonchev–Trinajstić information content (AvgIpc) is 2.95. The number of carbonyl (C=O) groups excluding carboxylic acids is 1. The maximum absolute atomic E-state index is 11.2. The fraction of sp³-hybridized carbons (Fsp3) is 0.933. The van der Waals surface area contributed by atoms with E-state index in [1.165, 1.54) is 19.3 Å². The van der Waals surface area contributed by atoms with Gasteiger partial charge >= 0.3 is 0 Å². The van der Waals surface area contributed by atoms with Gasteiger partial charge in [0.2, 0.25) is 0 Å². The van der Waals surface area contributed by atoms with E-state index >= 15 is 0 Å². The molecule has 1 aliphatic carbocycles. The molecule has 2 aliphatic rings. The van der Waals surface area contributed by atoms with Gasteiger partial charge < -0.3 is 9.53 Å². The highest BCUT2D eigenvalue weighted by Gasteiger charge is 2.54. The quantitative estimate of drug-likeness (QED) is 0.703. The van der Waals surface area contributed by atoms with Gasteiger partial charge in [0.25, 0.3) is 0 Å². The Balaban J connectivity index is 1.97. The fourth-order valence-corrected chi connectivity index (χ4v) is 3.32. The highest BCUT2D eigenvalue weighted by atomic mass is 16.6. The topological polar surface area (TPSA) is 29.6 Å². The second-order valence-electron chi connectivity index (χ2n) is 7.13. The Kier molecular flexibility index (Phi) is 3.37. The molecule has 2 rings (SSSR count). The number of hydrogen-bond donors (Lipinski definition) is 0. The third-order valence-electron chi connectivity index (χ3n) is 4.81. The second kappa shape index (κ2) is 4.38. The first-order valence-electron chi connectivity index (χ1n) is 6.97. The first-order valence-corrected chi connectivity index (χ1v) is 6.97. The molecule has 0 aromatic carbocycles. The molecule has 2 nitrogen and oxygen atoms in total. The molecule has 98 valence electrons. The summed E-state index contributed by atoms with van der Waals surface area (Å²) < 4.78 is 5.73. The summed E-state index contributed by atoms with van der Waals surface area (Å²) in [7, 11) is 0. The minimum Gasteiger partial charge on any atom is -0.369 e. The monoisotopic (exact) mass is 238 g/mol. The van der Waals surface area contributed by atoms with Crippen molar-refractivity contribution >= 4 is 5.78 Å². The zero-order chi connectivity index (χ0) is 12.7. The van der Waals surface area contributed by atoms with Crippen molar-refractivity contribution in [3.63, 3.8) is 0 Å². The molecule has 0 amide bonds. The van der Waals surface area contributed by atoms with E-state index in [0.717, 1.165) is 25.4 Å². The molecule has 1 spiro atoms. The number of Topliss-reactive ketones (excluding diaryl/α,β-unsaturated/α-hetero) is 1. The van der Waals surface area contributed by atoms with E-state index in [2.05, 4.69) is 20.8 Å². The van der Waals surface area contributed by atoms with Crippen LogP contribution in [0, 0.1) is 17.3 Å². The molecule has 1 saturated heterocycles. The van der Waals surface area contributed by atoms with Crippen LogP contribution < -0.4 is 0 Å². The van der Waals surface area contributed by atoms with Crippen molar-refractivity contribution in [1.82, 2.24) is 0 Å². The Morgan fingerprint density at radius 3 is 2.53 bits per heavy atom. The standard InChI is InChI=1S/C15H26O2/c1-11(16)5-6-13-9-12(14(2,3)4)7-8-15(13)10-17-15/h12-13H,5-10H2,1-4H3/t12-,13-,15-/m1/s1. The number of epoxide rings is 1. The minimum atomic E-state index is 0.178. The predicted octanol–water partition coefficient (Wildman–Crippen LogP) is 3.59. The molecule has 1 saturated carbocycles. The number of hydrogen-bond acceptors (Lipinski definition) is 2. The van der Waals surface area contributed by atoms with E-state index in [1.807, 2.05) is 0 Å². The largest absolute Gasteiger partial charge is 0.369 e. The van der Waals surface area contributed by atoms with Crippen LogP contribution in [0.3, 0.4) is 0 Å². The van der Waals surface area contributed by atoms with Gasteiger partial charge in [-0.2, -0.15) is 0 Å². The van der Waals surface area contributed by atoms with Crippen molar-refractivity contribution in [3.8, 4) is 0 Å². The molecule has 0 aromatic rings. The Hall–Kier alpha value is -0.370. The van der Waals surface area contributed by atoms with Gasteiger partial charge in [0, 0.05) is 6.42 Å². The van der Waals surface area contributed by atoms with Gasteiger partial charge in [0.05, 0.1) is 12.2 Å². The van der Waals surface area contributed by atoms with E-state index in [-0.39, 0.29) is 5.60 Å². The zero-order valence-electron chi connectivity index (χ0n) is 11.7. The van der Waals surface area contributed by atoms with Gasteiger partial charge in [-0.3, -0.25) is 0 Å². The molecule has 2 heteroatoms. The van der Waals surface area contributed by atoms with Gasteiger partial charge in [-0.25, -0.2) is 0 Å². The van der Waals surface area contributed by atoms with Crippen molar-refractivity contribution in [3.05, 3.63) is 0 Å². The van der Waals surface area contributed by atoms with E-state index in [4.69, 9.17) is 4.74 Å². The van der Waals surface area contributed by atoms with Crippen molar-refractivity contribution in [1.29, 1.82) is 0 Å². The van der Waals surface area contributed by atoms with Gasteiger partial charge in [0.15, 0.2) is 0 Å². The molecule has 17 heavy (non-hydrogen) atoms. The molecule has 0 radical (unpaired) electrons. The molecule has 1 aliphatic heterocycles. The number of ketones is 1. The molecular formula is C15H26O2. The van der Waals surface area contributed by atoms with Crippen molar-refractivity contribution in [2.24, 2.45) is 17.3 Å². The zero-order valence-corrected chi connectivity index (χ0v) is 11.7. The highest BCUT2D eigenvalue weighted by molar-refractivity contribution is 5.75. The third kappa shape index (κ3) is 2.90. The minimum absolute atomic E-state index is 0.178. The molecule has 0 N–H and O–H groups in total. The lowest BCUT2D eigenvalue weighted by molar-refractivity contribution is -0.117. The van der Waals surface area contributed by atoms with Crippen molar-refractivity contribution in [2.45, 2.75) is 65.4 Å². The second-order valence-corrected chi connectivity index (χ2v) is 7.13. The van der Waals surface area contributed by atoms with Gasteiger partial charge in [-0.1, -0.05) is 20.8 Å². The van der Waals surface area contributed by atoms with Crippen molar-refractivity contribution < 1.29 is 9.53 Å². The van der Waals surface area contributed by atoms with Gasteiger partial charge in [0.1, 0.15) is 5.78 Å². The van der Waals surface area contributed by atoms with E-state index in [0.29, 0.717) is 17.1 Å². The summed E-state index contributed by atoms with van der Waals surface area (Å²) in [5.74, 6) is 1.72. The maximum atomic E-state index is 11.2. The Morgan fingerprint density at radius 2 is 2.06 bits per heavy atom. The lowest BCUT2D eigenvalue weighted by atomic mass is 9.64. The molecule has 2 fully saturated rings. The van der Waals surface area contributed by atoms with Crippen LogP contribution in [-0.4, -0.2) is 18.0 Å². The Labute approximate surface area is 105 Å². The van der Waals surface area contributed by atoms with Gasteiger partial charge in [-0.15, -0.1) is 0 Å². The lowest BCUT2D eigenvalue weighted by Crippen LogP contribution is -2.37. The first-order chi connectivity index (χ1) is 7.83. The number of rotatable bonds is 3. The third-order valence-corrected chi connectivity index (χ3v) is 4.81. The maximum Gasteiger partial charge on any atom is 0.129 e. The first kappa shape index (κ1) is 13.1. The number of ether oxygens (including phenoxy) is 1. The highest BCUT2D eigenvalue weighted by Crippen LogP contribution is 2.53. The lowest BCUT2D eigenvalue weighted by Gasteiger charge is -2.41. The summed E-state index contributed by atoms with van der Waals surface area (Å²) in [5, 5.41) is 0. The summed E-state index contributed by atoms with van der Waals surface area (Å²) in [6.45, 7) is 9.65. The van der Waals surface area contributed by atoms with Crippen LogP contribution in [0.2, 0.25) is 0 Å². The van der Waals surface area contributed by atoms with E-state index in [9.17, 15) is 4.79 Å². The van der Waals surface area contributed by atoms with Crippen LogP contribution in [0.25, 0.3) is 0 Å². The molecule has 3 atom stereocenters. The molecule has 0 bridgehead atoms. The van der Waals surface area contributed by atoms with Crippen LogP contribution in [0.4, 0.5) is 0 Å². The molecule has 0 unspecified atom stereocenters. The van der Waals surface area contributed by atoms with Crippen LogP contribution in [-0.2, 0) is 9.53 Å². The molecular weight excluding hydrogens is 212 g/mol. The summed E-state index contributed by atoms with van der Waals surface area (Å²) >= 11 is 0. The van der Waals surface area contributed by atoms with Crippen LogP contribution in [0.15, 0.2) is 0 Å². The fourth-order valence-electron chi connectivity index (χ4n) is 3.32. The summed E-state index contributed by atoms with van der Waals surface area (Å²) in [4.78, 5) is 11.2. The van der Waals surface area contributed by atoms with E-state index < -0.39 is 0 Å². The van der Waals surface area contributed by atoms with Gasteiger partial charge in [-0.05, 0) is 49.9 Å². The predicted molar refractivity (Wildman–Crippen MR) is 68.9 cm³/mol. The Morgan fingerprint density at radius 1 is 1.41 bits per heavy atom. The summed E-state index contributed by atoms with van der Waals surface area (Å²) in [5.41, 5.74) is 0.572. The SMILES string of the molecule is CC(=O)CC[C@@H]1C[C@H](C(C)(C)C)CC[C@@]12CO2. The summed E-state index contributed by atoms with van der Waals surface area (Å²) in [6.07, 6.45) is 5.50. The van der Waals surface area contributed by atoms with E-state index in [1.54, 1.807) is 6.92 Å². The smallest absolute Gasteiger partial charge is 0.129 e. The van der Waals surface area contributed by atoms with Crippen LogP contribution in [0.5, 0.6) is 0 Å². The summed E-state index contributed by atoms with van der Waals surface area (Å²) in [6, 6.07) is 0. The average molecular weight is 238 g/mol.